The van der Waals surface area contributed by atoms with Crippen molar-refractivity contribution in [2.45, 2.75) is 97.7 Å². The van der Waals surface area contributed by atoms with Gasteiger partial charge >= 0.3 is 0 Å². The van der Waals surface area contributed by atoms with Crippen molar-refractivity contribution in [2.75, 3.05) is 13.2 Å². The Hall–Kier alpha value is -0.600. The highest BCUT2D eigenvalue weighted by molar-refractivity contribution is 5.19. The van der Waals surface area contributed by atoms with E-state index < -0.39 is 104 Å². The van der Waals surface area contributed by atoms with Gasteiger partial charge in [-0.2, -0.15) is 0 Å². The lowest BCUT2D eigenvalue weighted by Crippen LogP contribution is -2.85. The smallest absolute Gasteiger partial charge is 0.230 e. The summed E-state index contributed by atoms with van der Waals surface area (Å²) < 4.78 is 15.9. The molecule has 0 saturated carbocycles. The molecule has 3 saturated heterocycles. The summed E-state index contributed by atoms with van der Waals surface area (Å²) in [7, 11) is 0. The Morgan fingerprint density at radius 2 is 1.12 bits per heavy atom. The van der Waals surface area contributed by atoms with Crippen LogP contribution in [0.5, 0.6) is 0 Å². The Bertz CT molecular complexity index is 681. The molecule has 0 aliphatic carbocycles. The van der Waals surface area contributed by atoms with Crippen LogP contribution in [-0.2, 0) is 14.2 Å². The number of hydrogen-bond donors (Lipinski definition) is 12. The molecule has 3 heterocycles. The van der Waals surface area contributed by atoms with Crippen LogP contribution in [0.2, 0.25) is 0 Å². The van der Waals surface area contributed by atoms with Crippen LogP contribution in [0.15, 0.2) is 0 Å². The van der Waals surface area contributed by atoms with E-state index >= 15 is 0 Å². The van der Waals surface area contributed by atoms with Gasteiger partial charge in [0.15, 0.2) is 5.60 Å². The molecule has 0 amide bonds. The third-order valence-electron chi connectivity index (χ3n) is 6.80. The van der Waals surface area contributed by atoms with Crippen LogP contribution in [0.25, 0.3) is 0 Å². The highest BCUT2D eigenvalue weighted by Gasteiger charge is 2.74. The molecule has 0 aromatic carbocycles. The van der Waals surface area contributed by atoms with Gasteiger partial charge in [-0.3, -0.25) is 0 Å². The molecule has 3 fully saturated rings. The zero-order chi connectivity index (χ0) is 25.0. The van der Waals surface area contributed by atoms with Crippen LogP contribution < -0.4 is 0 Å². The van der Waals surface area contributed by atoms with Crippen molar-refractivity contribution in [1.82, 2.24) is 0 Å². The molecular weight excluding hydrogens is 456 g/mol. The standard InChI is InChI=1S/C18H32O15/c1-4-7(21)10(24)12(26)15(31-4)17(29)14(28)9(23)6(3-20)33-18(17,30)16-13(27)11(25)8(22)5(2-19)32-16/h4-16,19-30H,2-3H2,1H3/t4-,5+,6+,7-,8+,9-,10+,11-,12+,13+,14-,15+,16+,17-,18+/m0/s1. The Morgan fingerprint density at radius 3 is 1.67 bits per heavy atom. The largest absolute Gasteiger partial charge is 0.394 e. The van der Waals surface area contributed by atoms with Gasteiger partial charge in [-0.25, -0.2) is 0 Å². The first-order valence-corrected chi connectivity index (χ1v) is 10.4. The highest BCUT2D eigenvalue weighted by Crippen LogP contribution is 2.48. The third-order valence-corrected chi connectivity index (χ3v) is 6.80. The summed E-state index contributed by atoms with van der Waals surface area (Å²) in [5, 5.41) is 125. The molecule has 0 radical (unpaired) electrons. The fraction of sp³-hybridized carbons (Fsp3) is 1.00. The van der Waals surface area contributed by atoms with Crippen molar-refractivity contribution in [3.05, 3.63) is 0 Å². The van der Waals surface area contributed by atoms with Crippen LogP contribution in [0.3, 0.4) is 0 Å². The lowest BCUT2D eigenvalue weighted by molar-refractivity contribution is -0.459. The summed E-state index contributed by atoms with van der Waals surface area (Å²) in [6, 6.07) is 0. The summed E-state index contributed by atoms with van der Waals surface area (Å²) in [5.74, 6) is -3.40. The normalized spacial score (nSPS) is 58.3. The molecule has 3 aliphatic rings. The molecule has 0 spiro atoms. The van der Waals surface area contributed by atoms with Crippen LogP contribution in [-0.4, -0.2) is 165 Å². The van der Waals surface area contributed by atoms with Gasteiger partial charge in [-0.1, -0.05) is 0 Å². The molecule has 33 heavy (non-hydrogen) atoms. The van der Waals surface area contributed by atoms with E-state index in [-0.39, 0.29) is 0 Å². The molecule has 0 unspecified atom stereocenters. The average Bonchev–Trinajstić information content (AvgIpc) is 2.79. The summed E-state index contributed by atoms with van der Waals surface area (Å²) in [6.45, 7) is -0.735. The molecule has 3 aliphatic heterocycles. The molecule has 15 nitrogen and oxygen atoms in total. The summed E-state index contributed by atoms with van der Waals surface area (Å²) in [6.07, 6.45) is -25.8. The van der Waals surface area contributed by atoms with Crippen molar-refractivity contribution >= 4 is 0 Å². The Kier molecular flexibility index (Phi) is 7.73. The zero-order valence-corrected chi connectivity index (χ0v) is 17.5. The van der Waals surface area contributed by atoms with E-state index in [2.05, 4.69) is 0 Å². The predicted octanol–water partition coefficient (Wildman–Crippen LogP) is -7.77. The van der Waals surface area contributed by atoms with E-state index in [1.807, 2.05) is 0 Å². The van der Waals surface area contributed by atoms with Crippen LogP contribution in [0.4, 0.5) is 0 Å². The van der Waals surface area contributed by atoms with Gasteiger partial charge in [0.1, 0.15) is 73.2 Å². The van der Waals surface area contributed by atoms with E-state index in [1.165, 1.54) is 6.92 Å². The molecule has 0 bridgehead atoms. The zero-order valence-electron chi connectivity index (χ0n) is 17.5. The van der Waals surface area contributed by atoms with Crippen molar-refractivity contribution in [3.63, 3.8) is 0 Å². The molecule has 194 valence electrons. The molecule has 15 atom stereocenters. The molecule has 0 aromatic rings. The van der Waals surface area contributed by atoms with E-state index in [4.69, 9.17) is 14.2 Å². The Labute approximate surface area is 187 Å². The van der Waals surface area contributed by atoms with E-state index in [1.54, 1.807) is 0 Å². The van der Waals surface area contributed by atoms with Crippen molar-refractivity contribution < 1.29 is 75.5 Å². The number of aliphatic hydroxyl groups excluding tert-OH is 10. The van der Waals surface area contributed by atoms with Crippen molar-refractivity contribution in [2.24, 2.45) is 0 Å². The van der Waals surface area contributed by atoms with Gasteiger partial charge < -0.3 is 75.5 Å². The van der Waals surface area contributed by atoms with E-state index in [0.29, 0.717) is 0 Å². The van der Waals surface area contributed by atoms with Crippen LogP contribution in [0.1, 0.15) is 6.92 Å². The molecule has 0 aromatic heterocycles. The first-order chi connectivity index (χ1) is 15.3. The van der Waals surface area contributed by atoms with Gasteiger partial charge in [-0.05, 0) is 6.92 Å². The number of ether oxygens (including phenoxy) is 3. The Balaban J connectivity index is 2.14. The van der Waals surface area contributed by atoms with E-state index in [9.17, 15) is 61.3 Å². The van der Waals surface area contributed by atoms with Crippen molar-refractivity contribution in [1.29, 1.82) is 0 Å². The minimum Gasteiger partial charge on any atom is -0.394 e. The maximum Gasteiger partial charge on any atom is 0.230 e. The van der Waals surface area contributed by atoms with Gasteiger partial charge in [-0.15, -0.1) is 0 Å². The maximum atomic E-state index is 11.6. The first-order valence-electron chi connectivity index (χ1n) is 10.4. The van der Waals surface area contributed by atoms with Gasteiger partial charge in [0, 0.05) is 0 Å². The van der Waals surface area contributed by atoms with Gasteiger partial charge in [0.25, 0.3) is 0 Å². The lowest BCUT2D eigenvalue weighted by Gasteiger charge is -2.61. The second-order valence-corrected chi connectivity index (χ2v) is 8.78. The number of aliphatic hydroxyl groups is 12. The van der Waals surface area contributed by atoms with Crippen LogP contribution >= 0.6 is 0 Å². The molecule has 12 N–H and O–H groups in total. The second kappa shape index (κ2) is 9.45. The second-order valence-electron chi connectivity index (χ2n) is 8.78. The molecule has 3 rings (SSSR count). The Morgan fingerprint density at radius 1 is 0.606 bits per heavy atom. The van der Waals surface area contributed by atoms with Gasteiger partial charge in [0.2, 0.25) is 5.79 Å². The number of rotatable bonds is 4. The minimum atomic E-state index is -3.40. The monoisotopic (exact) mass is 488 g/mol. The summed E-state index contributed by atoms with van der Waals surface area (Å²) in [5.41, 5.74) is -3.35. The predicted molar refractivity (Wildman–Crippen MR) is 100.0 cm³/mol. The quantitative estimate of drug-likeness (QED) is 0.175. The minimum absolute atomic E-state index is 0.935. The molecular formula is C18H32O15. The fourth-order valence-corrected chi connectivity index (χ4v) is 4.72. The lowest BCUT2D eigenvalue weighted by atomic mass is 9.68. The van der Waals surface area contributed by atoms with E-state index in [0.717, 1.165) is 0 Å². The average molecular weight is 488 g/mol. The van der Waals surface area contributed by atoms with Crippen LogP contribution in [0, 0.1) is 0 Å². The molecule has 15 heteroatoms. The number of hydrogen-bond acceptors (Lipinski definition) is 15. The first kappa shape index (κ1) is 27.0. The SMILES string of the molecule is C[C@@H]1O[C@@H]([C@@]2(O)[C@@H](O)[C@@H](O)[C@@H](CO)O[C@]2(O)[C@@H]2O[C@H](CO)[C@@H](O)[C@H](O)[C@H]2O)[C@H](O)[C@H](O)[C@H]1O. The summed E-state index contributed by atoms with van der Waals surface area (Å²) >= 11 is 0. The topological polar surface area (TPSA) is 270 Å². The van der Waals surface area contributed by atoms with Crippen molar-refractivity contribution in [3.8, 4) is 0 Å². The third kappa shape index (κ3) is 3.90. The van der Waals surface area contributed by atoms with Gasteiger partial charge in [0.05, 0.1) is 19.3 Å². The highest BCUT2D eigenvalue weighted by atomic mass is 16.7. The summed E-state index contributed by atoms with van der Waals surface area (Å²) in [4.78, 5) is 0. The fourth-order valence-electron chi connectivity index (χ4n) is 4.72. The maximum absolute atomic E-state index is 11.6.